The molecule has 0 aromatic heterocycles. The van der Waals surface area contributed by atoms with Gasteiger partial charge in [0.25, 0.3) is 0 Å². The van der Waals surface area contributed by atoms with Crippen molar-refractivity contribution in [3.05, 3.63) is 0 Å². The van der Waals surface area contributed by atoms with Gasteiger partial charge in [0.05, 0.1) is 6.61 Å². The fourth-order valence-corrected chi connectivity index (χ4v) is 1.12. The van der Waals surface area contributed by atoms with Crippen molar-refractivity contribution in [3.63, 3.8) is 0 Å². The zero-order chi connectivity index (χ0) is 8.74. The molecule has 0 saturated heterocycles. The third-order valence-electron chi connectivity index (χ3n) is 1.18. The average molecular weight is 181 g/mol. The Morgan fingerprint density at radius 3 is 2.55 bits per heavy atom. The van der Waals surface area contributed by atoms with E-state index in [1.165, 1.54) is 6.66 Å². The molecule has 5 heteroatoms. The molecule has 0 aromatic carbocycles. The Morgan fingerprint density at radius 1 is 1.45 bits per heavy atom. The minimum atomic E-state index is -3.25. The average Bonchev–Trinajstić information content (AvgIpc) is 1.85. The van der Waals surface area contributed by atoms with Crippen molar-refractivity contribution in [2.45, 2.75) is 19.3 Å². The van der Waals surface area contributed by atoms with E-state index in [1.807, 2.05) is 0 Å². The molecule has 0 heterocycles. The van der Waals surface area contributed by atoms with Gasteiger partial charge in [0.2, 0.25) is 0 Å². The van der Waals surface area contributed by atoms with Crippen LogP contribution in [0.3, 0.4) is 0 Å². The number of rotatable bonds is 6. The zero-order valence-corrected chi connectivity index (χ0v) is 7.72. The van der Waals surface area contributed by atoms with Crippen LogP contribution < -0.4 is 5.73 Å². The van der Waals surface area contributed by atoms with Gasteiger partial charge in [-0.05, 0) is 25.8 Å². The van der Waals surface area contributed by atoms with Crippen LogP contribution >= 0.6 is 7.60 Å². The van der Waals surface area contributed by atoms with E-state index < -0.39 is 7.60 Å². The molecule has 0 aliphatic carbocycles. The molecule has 0 fully saturated rings. The lowest BCUT2D eigenvalue weighted by atomic mass is 10.2. The van der Waals surface area contributed by atoms with E-state index in [-0.39, 0.29) is 0 Å². The van der Waals surface area contributed by atoms with E-state index >= 15 is 0 Å². The zero-order valence-electron chi connectivity index (χ0n) is 6.82. The summed E-state index contributed by atoms with van der Waals surface area (Å²) in [5, 5.41) is 0. The van der Waals surface area contributed by atoms with Crippen molar-refractivity contribution < 1.29 is 14.0 Å². The first-order valence-corrected chi connectivity index (χ1v) is 5.73. The monoisotopic (exact) mass is 181 g/mol. The van der Waals surface area contributed by atoms with Crippen LogP contribution in [0.25, 0.3) is 0 Å². The van der Waals surface area contributed by atoms with Crippen molar-refractivity contribution >= 4 is 7.60 Å². The van der Waals surface area contributed by atoms with Gasteiger partial charge in [-0.1, -0.05) is 0 Å². The molecule has 1 unspecified atom stereocenters. The van der Waals surface area contributed by atoms with Crippen molar-refractivity contribution in [1.82, 2.24) is 0 Å². The van der Waals surface area contributed by atoms with Gasteiger partial charge in [0.15, 0.2) is 0 Å². The third-order valence-corrected chi connectivity index (χ3v) is 1.84. The molecule has 3 N–H and O–H groups in total. The number of hydrogen-bond donors (Lipinski definition) is 2. The lowest BCUT2D eigenvalue weighted by Gasteiger charge is -2.05. The first-order chi connectivity index (χ1) is 5.06. The van der Waals surface area contributed by atoms with Crippen LogP contribution in [-0.4, -0.2) is 24.7 Å². The van der Waals surface area contributed by atoms with Gasteiger partial charge in [-0.3, -0.25) is 4.57 Å². The van der Waals surface area contributed by atoms with Crippen molar-refractivity contribution in [2.24, 2.45) is 5.73 Å². The Kier molecular flexibility index (Phi) is 5.78. The standard InChI is InChI=1S/C6H16NO3P/c1-11(8,9)10-6-4-2-3-5-7/h2-7H2,1H3,(H,8,9). The van der Waals surface area contributed by atoms with Crippen LogP contribution in [0.4, 0.5) is 0 Å². The molecule has 0 aliphatic rings. The summed E-state index contributed by atoms with van der Waals surface area (Å²) in [7, 11) is -3.25. The summed E-state index contributed by atoms with van der Waals surface area (Å²) in [4.78, 5) is 8.68. The van der Waals surface area contributed by atoms with Gasteiger partial charge < -0.3 is 15.2 Å². The smallest absolute Gasteiger partial charge is 0.325 e. The van der Waals surface area contributed by atoms with Gasteiger partial charge in [-0.15, -0.1) is 0 Å². The van der Waals surface area contributed by atoms with Crippen molar-refractivity contribution in [2.75, 3.05) is 19.8 Å². The Balaban J connectivity index is 3.09. The third kappa shape index (κ3) is 10.1. The van der Waals surface area contributed by atoms with E-state index in [1.54, 1.807) is 0 Å². The molecule has 0 radical (unpaired) electrons. The lowest BCUT2D eigenvalue weighted by molar-refractivity contribution is 0.258. The largest absolute Gasteiger partial charge is 0.330 e. The molecular weight excluding hydrogens is 165 g/mol. The molecule has 0 aliphatic heterocycles. The van der Waals surface area contributed by atoms with Crippen molar-refractivity contribution in [1.29, 1.82) is 0 Å². The molecule has 11 heavy (non-hydrogen) atoms. The first kappa shape index (κ1) is 11.1. The Morgan fingerprint density at radius 2 is 2.09 bits per heavy atom. The van der Waals surface area contributed by atoms with Gasteiger partial charge in [-0.25, -0.2) is 0 Å². The van der Waals surface area contributed by atoms with Gasteiger partial charge >= 0.3 is 7.60 Å². The molecule has 0 spiro atoms. The molecule has 4 nitrogen and oxygen atoms in total. The minimum Gasteiger partial charge on any atom is -0.330 e. The molecule has 0 rings (SSSR count). The maximum Gasteiger partial charge on any atom is 0.325 e. The summed E-state index contributed by atoms with van der Waals surface area (Å²) in [5.41, 5.74) is 5.25. The molecule has 68 valence electrons. The Bertz CT molecular complexity index is 134. The van der Waals surface area contributed by atoms with E-state index in [0.29, 0.717) is 13.2 Å². The topological polar surface area (TPSA) is 72.5 Å². The molecular formula is C6H16NO3P. The van der Waals surface area contributed by atoms with E-state index in [4.69, 9.17) is 10.6 Å². The van der Waals surface area contributed by atoms with Crippen LogP contribution in [-0.2, 0) is 9.09 Å². The highest BCUT2D eigenvalue weighted by Crippen LogP contribution is 2.36. The summed E-state index contributed by atoms with van der Waals surface area (Å²) in [5.74, 6) is 0. The highest BCUT2D eigenvalue weighted by atomic mass is 31.2. The van der Waals surface area contributed by atoms with Gasteiger partial charge in [-0.2, -0.15) is 0 Å². The first-order valence-electron chi connectivity index (χ1n) is 3.71. The number of unbranched alkanes of at least 4 members (excludes halogenated alkanes) is 2. The molecule has 0 bridgehead atoms. The highest BCUT2D eigenvalue weighted by molar-refractivity contribution is 7.51. The van der Waals surface area contributed by atoms with Crippen LogP contribution in [0.5, 0.6) is 0 Å². The predicted molar refractivity (Wildman–Crippen MR) is 44.6 cm³/mol. The van der Waals surface area contributed by atoms with E-state index in [9.17, 15) is 4.57 Å². The Labute approximate surface area is 67.3 Å². The van der Waals surface area contributed by atoms with E-state index in [0.717, 1.165) is 19.3 Å². The fourth-order valence-electron chi connectivity index (χ4n) is 0.657. The summed E-state index contributed by atoms with van der Waals surface area (Å²) < 4.78 is 15.2. The minimum absolute atomic E-state index is 0.351. The van der Waals surface area contributed by atoms with Crippen LogP contribution in [0.2, 0.25) is 0 Å². The Hall–Kier alpha value is 0.110. The quantitative estimate of drug-likeness (QED) is 0.472. The summed E-state index contributed by atoms with van der Waals surface area (Å²) in [6, 6.07) is 0. The second-order valence-corrected chi connectivity index (χ2v) is 4.35. The predicted octanol–water partition coefficient (Wildman–Crippen LogP) is 0.947. The maximum absolute atomic E-state index is 10.6. The van der Waals surface area contributed by atoms with Crippen LogP contribution in [0.1, 0.15) is 19.3 Å². The van der Waals surface area contributed by atoms with Gasteiger partial charge in [0.1, 0.15) is 0 Å². The highest BCUT2D eigenvalue weighted by Gasteiger charge is 2.07. The molecule has 0 amide bonds. The van der Waals surface area contributed by atoms with Crippen LogP contribution in [0, 0.1) is 0 Å². The van der Waals surface area contributed by atoms with Crippen LogP contribution in [0.15, 0.2) is 0 Å². The SMILES string of the molecule is CP(=O)(O)OCCCCCN. The number of nitrogens with two attached hydrogens (primary N) is 1. The molecule has 0 aromatic rings. The normalized spacial score (nSPS) is 16.3. The lowest BCUT2D eigenvalue weighted by Crippen LogP contribution is -1.99. The summed E-state index contributed by atoms with van der Waals surface area (Å²) in [6.07, 6.45) is 2.70. The summed E-state index contributed by atoms with van der Waals surface area (Å²) >= 11 is 0. The van der Waals surface area contributed by atoms with E-state index in [2.05, 4.69) is 4.52 Å². The molecule has 1 atom stereocenters. The van der Waals surface area contributed by atoms with Crippen molar-refractivity contribution in [3.8, 4) is 0 Å². The summed E-state index contributed by atoms with van der Waals surface area (Å²) in [6.45, 7) is 2.21. The fraction of sp³-hybridized carbons (Fsp3) is 1.00. The molecule has 0 saturated carbocycles. The second-order valence-electron chi connectivity index (χ2n) is 2.49. The second kappa shape index (κ2) is 5.72. The number of hydrogen-bond acceptors (Lipinski definition) is 3. The maximum atomic E-state index is 10.6. The van der Waals surface area contributed by atoms with Gasteiger partial charge in [0, 0.05) is 6.66 Å².